The number of hydrogen-bond donors (Lipinski definition) is 0. The molecule has 2 aromatic heterocycles. The molecule has 0 saturated carbocycles. The van der Waals surface area contributed by atoms with E-state index in [4.69, 9.17) is 0 Å². The van der Waals surface area contributed by atoms with Gasteiger partial charge in [0.1, 0.15) is 5.65 Å². The SMILES string of the molecule is CCc1nc2cc(C)cc(C)n2c(=O)c1CC. The third-order valence-electron chi connectivity index (χ3n) is 3.12. The monoisotopic (exact) mass is 230 g/mol. The first-order chi connectivity index (χ1) is 8.08. The Morgan fingerprint density at radius 2 is 1.88 bits per heavy atom. The van der Waals surface area contributed by atoms with Crippen LogP contribution in [0.2, 0.25) is 0 Å². The van der Waals surface area contributed by atoms with E-state index in [-0.39, 0.29) is 5.56 Å². The number of nitrogens with zero attached hydrogens (tertiary/aromatic N) is 2. The summed E-state index contributed by atoms with van der Waals surface area (Å²) in [5, 5.41) is 0. The first-order valence-corrected chi connectivity index (χ1v) is 6.10. The minimum Gasteiger partial charge on any atom is -0.269 e. The Balaban J connectivity index is 2.96. The molecule has 2 rings (SSSR count). The minimum atomic E-state index is 0.0897. The predicted molar refractivity (Wildman–Crippen MR) is 69.7 cm³/mol. The highest BCUT2D eigenvalue weighted by atomic mass is 16.1. The molecule has 0 amide bonds. The van der Waals surface area contributed by atoms with Gasteiger partial charge in [-0.25, -0.2) is 4.98 Å². The van der Waals surface area contributed by atoms with E-state index in [2.05, 4.69) is 4.98 Å². The molecule has 17 heavy (non-hydrogen) atoms. The van der Waals surface area contributed by atoms with Gasteiger partial charge in [0.2, 0.25) is 0 Å². The number of fused-ring (bicyclic) bond motifs is 1. The molecule has 90 valence electrons. The molecule has 0 aliphatic carbocycles. The fourth-order valence-electron chi connectivity index (χ4n) is 2.34. The molecule has 0 radical (unpaired) electrons. The van der Waals surface area contributed by atoms with E-state index in [1.807, 2.05) is 39.8 Å². The van der Waals surface area contributed by atoms with Gasteiger partial charge in [-0.15, -0.1) is 0 Å². The van der Waals surface area contributed by atoms with Gasteiger partial charge >= 0.3 is 0 Å². The Kier molecular flexibility index (Phi) is 3.01. The molecule has 0 aliphatic heterocycles. The summed E-state index contributed by atoms with van der Waals surface area (Å²) in [7, 11) is 0. The van der Waals surface area contributed by atoms with Gasteiger partial charge in [-0.3, -0.25) is 9.20 Å². The zero-order valence-corrected chi connectivity index (χ0v) is 10.9. The van der Waals surface area contributed by atoms with Crippen molar-refractivity contribution in [1.29, 1.82) is 0 Å². The van der Waals surface area contributed by atoms with Crippen LogP contribution >= 0.6 is 0 Å². The predicted octanol–water partition coefficient (Wildman–Crippen LogP) is 2.44. The molecular weight excluding hydrogens is 212 g/mol. The lowest BCUT2D eigenvalue weighted by atomic mass is 10.1. The molecular formula is C14H18N2O. The lowest BCUT2D eigenvalue weighted by Crippen LogP contribution is -2.23. The van der Waals surface area contributed by atoms with E-state index in [1.165, 1.54) is 0 Å². The topological polar surface area (TPSA) is 34.4 Å². The van der Waals surface area contributed by atoms with Crippen LogP contribution in [-0.4, -0.2) is 9.38 Å². The quantitative estimate of drug-likeness (QED) is 0.794. The van der Waals surface area contributed by atoms with Crippen molar-refractivity contribution in [2.75, 3.05) is 0 Å². The third kappa shape index (κ3) is 1.86. The summed E-state index contributed by atoms with van der Waals surface area (Å²) in [5.74, 6) is 0. The van der Waals surface area contributed by atoms with Gasteiger partial charge in [0.25, 0.3) is 5.56 Å². The molecule has 0 fully saturated rings. The maximum atomic E-state index is 12.4. The number of hydrogen-bond acceptors (Lipinski definition) is 2. The van der Waals surface area contributed by atoms with Crippen LogP contribution in [0.15, 0.2) is 16.9 Å². The summed E-state index contributed by atoms with van der Waals surface area (Å²) in [6.07, 6.45) is 1.55. The van der Waals surface area contributed by atoms with Crippen LogP contribution in [0.5, 0.6) is 0 Å². The molecule has 2 heterocycles. The number of aryl methyl sites for hydroxylation is 3. The largest absolute Gasteiger partial charge is 0.269 e. The Labute approximate surface area is 101 Å². The van der Waals surface area contributed by atoms with Crippen LogP contribution in [0.1, 0.15) is 36.4 Å². The van der Waals surface area contributed by atoms with E-state index in [9.17, 15) is 4.79 Å². The molecule has 0 atom stereocenters. The third-order valence-corrected chi connectivity index (χ3v) is 3.12. The lowest BCUT2D eigenvalue weighted by molar-refractivity contribution is 0.877. The van der Waals surface area contributed by atoms with Gasteiger partial charge in [-0.05, 0) is 44.4 Å². The molecule has 3 heteroatoms. The summed E-state index contributed by atoms with van der Waals surface area (Å²) in [4.78, 5) is 17.0. The average molecular weight is 230 g/mol. The fourth-order valence-corrected chi connectivity index (χ4v) is 2.34. The minimum absolute atomic E-state index is 0.0897. The van der Waals surface area contributed by atoms with Gasteiger partial charge in [-0.1, -0.05) is 13.8 Å². The van der Waals surface area contributed by atoms with E-state index in [0.29, 0.717) is 0 Å². The highest BCUT2D eigenvalue weighted by Crippen LogP contribution is 2.11. The highest BCUT2D eigenvalue weighted by molar-refractivity contribution is 5.45. The van der Waals surface area contributed by atoms with Gasteiger partial charge in [0.05, 0.1) is 5.69 Å². The highest BCUT2D eigenvalue weighted by Gasteiger charge is 2.11. The summed E-state index contributed by atoms with van der Waals surface area (Å²) >= 11 is 0. The van der Waals surface area contributed by atoms with Crippen molar-refractivity contribution >= 4 is 5.65 Å². The van der Waals surface area contributed by atoms with E-state index < -0.39 is 0 Å². The molecule has 0 N–H and O–H groups in total. The molecule has 0 aromatic carbocycles. The number of aromatic nitrogens is 2. The summed E-state index contributed by atoms with van der Waals surface area (Å²) in [5.41, 5.74) is 4.73. The maximum absolute atomic E-state index is 12.4. The summed E-state index contributed by atoms with van der Waals surface area (Å²) in [6.45, 7) is 8.03. The molecule has 0 unspecified atom stereocenters. The standard InChI is InChI=1S/C14H18N2O/c1-5-11-12(6-2)15-13-8-9(3)7-10(4)16(13)14(11)17/h7-8H,5-6H2,1-4H3. The molecule has 0 saturated heterocycles. The van der Waals surface area contributed by atoms with Crippen LogP contribution in [-0.2, 0) is 12.8 Å². The Hall–Kier alpha value is -1.64. The van der Waals surface area contributed by atoms with Crippen molar-refractivity contribution in [2.24, 2.45) is 0 Å². The number of rotatable bonds is 2. The van der Waals surface area contributed by atoms with Gasteiger partial charge in [0, 0.05) is 11.3 Å². The maximum Gasteiger partial charge on any atom is 0.261 e. The zero-order chi connectivity index (χ0) is 12.6. The van der Waals surface area contributed by atoms with Crippen LogP contribution < -0.4 is 5.56 Å². The molecule has 0 aliphatic rings. The van der Waals surface area contributed by atoms with Gasteiger partial charge in [0.15, 0.2) is 0 Å². The Bertz CT molecular complexity index is 626. The van der Waals surface area contributed by atoms with Crippen molar-refractivity contribution in [3.8, 4) is 0 Å². The van der Waals surface area contributed by atoms with Gasteiger partial charge < -0.3 is 0 Å². The average Bonchev–Trinajstić information content (AvgIpc) is 2.27. The lowest BCUT2D eigenvalue weighted by Gasteiger charge is -2.11. The van der Waals surface area contributed by atoms with E-state index >= 15 is 0 Å². The van der Waals surface area contributed by atoms with E-state index in [1.54, 1.807) is 4.40 Å². The van der Waals surface area contributed by atoms with Crippen molar-refractivity contribution in [3.05, 3.63) is 45.0 Å². The molecule has 0 spiro atoms. The first kappa shape index (κ1) is 11.8. The molecule has 0 bridgehead atoms. The smallest absolute Gasteiger partial charge is 0.261 e. The molecule has 2 aromatic rings. The second-order valence-electron chi connectivity index (χ2n) is 4.42. The van der Waals surface area contributed by atoms with Crippen LogP contribution in [0, 0.1) is 13.8 Å². The van der Waals surface area contributed by atoms with E-state index in [0.717, 1.165) is 41.0 Å². The zero-order valence-electron chi connectivity index (χ0n) is 10.9. The number of pyridine rings is 1. The van der Waals surface area contributed by atoms with Crippen molar-refractivity contribution in [1.82, 2.24) is 9.38 Å². The van der Waals surface area contributed by atoms with Crippen LogP contribution in [0.3, 0.4) is 0 Å². The second-order valence-corrected chi connectivity index (χ2v) is 4.42. The fraction of sp³-hybridized carbons (Fsp3) is 0.429. The van der Waals surface area contributed by atoms with Gasteiger partial charge in [-0.2, -0.15) is 0 Å². The van der Waals surface area contributed by atoms with Crippen LogP contribution in [0.4, 0.5) is 0 Å². The summed E-state index contributed by atoms with van der Waals surface area (Å²) in [6, 6.07) is 3.98. The normalized spacial score (nSPS) is 11.1. The second kappa shape index (κ2) is 4.32. The van der Waals surface area contributed by atoms with Crippen molar-refractivity contribution < 1.29 is 0 Å². The Morgan fingerprint density at radius 1 is 1.18 bits per heavy atom. The molecule has 3 nitrogen and oxygen atoms in total. The first-order valence-electron chi connectivity index (χ1n) is 6.10. The Morgan fingerprint density at radius 3 is 2.47 bits per heavy atom. The summed E-state index contributed by atoms with van der Waals surface area (Å²) < 4.78 is 1.71. The van der Waals surface area contributed by atoms with Crippen molar-refractivity contribution in [3.63, 3.8) is 0 Å². The van der Waals surface area contributed by atoms with Crippen molar-refractivity contribution in [2.45, 2.75) is 40.5 Å². The van der Waals surface area contributed by atoms with Crippen LogP contribution in [0.25, 0.3) is 5.65 Å².